The van der Waals surface area contributed by atoms with Crippen molar-refractivity contribution in [1.82, 2.24) is 5.32 Å². The van der Waals surface area contributed by atoms with Crippen molar-refractivity contribution in [2.24, 2.45) is 5.92 Å². The van der Waals surface area contributed by atoms with Crippen molar-refractivity contribution < 1.29 is 9.13 Å². The molecule has 1 aliphatic rings. The first-order chi connectivity index (χ1) is 8.31. The fourth-order valence-electron chi connectivity index (χ4n) is 2.44. The minimum Gasteiger partial charge on any atom is -0.381 e. The van der Waals surface area contributed by atoms with Crippen LogP contribution in [0.15, 0.2) is 24.3 Å². The standard InChI is InChI=1S/C14H20FNO/c1-2-16-14(12-7-8-17-10-12)9-11-5-3-4-6-13(11)15/h3-6,12,14,16H,2,7-10H2,1H3. The molecule has 0 spiro atoms. The van der Waals surface area contributed by atoms with E-state index in [2.05, 4.69) is 12.2 Å². The second kappa shape index (κ2) is 6.12. The predicted molar refractivity (Wildman–Crippen MR) is 66.5 cm³/mol. The van der Waals surface area contributed by atoms with Gasteiger partial charge in [-0.25, -0.2) is 4.39 Å². The van der Waals surface area contributed by atoms with Gasteiger partial charge >= 0.3 is 0 Å². The molecule has 0 amide bonds. The predicted octanol–water partition coefficient (Wildman–Crippen LogP) is 2.38. The molecular formula is C14H20FNO. The molecule has 2 unspecified atom stereocenters. The summed E-state index contributed by atoms with van der Waals surface area (Å²) in [7, 11) is 0. The van der Waals surface area contributed by atoms with E-state index in [0.717, 1.165) is 38.2 Å². The van der Waals surface area contributed by atoms with Crippen LogP contribution in [0.3, 0.4) is 0 Å². The summed E-state index contributed by atoms with van der Waals surface area (Å²) in [6, 6.07) is 7.35. The molecule has 2 atom stereocenters. The number of likely N-dealkylation sites (N-methyl/N-ethyl adjacent to an activating group) is 1. The molecule has 1 fully saturated rings. The normalized spacial score (nSPS) is 21.6. The molecule has 2 rings (SSSR count). The molecule has 1 heterocycles. The zero-order chi connectivity index (χ0) is 12.1. The highest BCUT2D eigenvalue weighted by Crippen LogP contribution is 2.21. The molecule has 94 valence electrons. The molecular weight excluding hydrogens is 217 g/mol. The second-order valence-corrected chi connectivity index (χ2v) is 4.58. The van der Waals surface area contributed by atoms with Crippen LogP contribution in [-0.4, -0.2) is 25.8 Å². The maximum atomic E-state index is 13.6. The Hall–Kier alpha value is -0.930. The molecule has 1 saturated heterocycles. The van der Waals surface area contributed by atoms with Crippen molar-refractivity contribution in [1.29, 1.82) is 0 Å². The first-order valence-corrected chi connectivity index (χ1v) is 6.35. The van der Waals surface area contributed by atoms with Gasteiger partial charge in [-0.2, -0.15) is 0 Å². The molecule has 0 bridgehead atoms. The van der Waals surface area contributed by atoms with Gasteiger partial charge in [0.05, 0.1) is 6.61 Å². The highest BCUT2D eigenvalue weighted by molar-refractivity contribution is 5.18. The molecule has 3 heteroatoms. The molecule has 17 heavy (non-hydrogen) atoms. The van der Waals surface area contributed by atoms with Gasteiger partial charge in [0.2, 0.25) is 0 Å². The minimum atomic E-state index is -0.102. The first-order valence-electron chi connectivity index (χ1n) is 6.35. The molecule has 0 radical (unpaired) electrons. The van der Waals surface area contributed by atoms with Crippen LogP contribution < -0.4 is 5.32 Å². The van der Waals surface area contributed by atoms with Gasteiger partial charge in [0.1, 0.15) is 5.82 Å². The van der Waals surface area contributed by atoms with Gasteiger partial charge in [-0.3, -0.25) is 0 Å². The molecule has 1 aromatic rings. The van der Waals surface area contributed by atoms with Crippen molar-refractivity contribution in [2.75, 3.05) is 19.8 Å². The van der Waals surface area contributed by atoms with Crippen LogP contribution >= 0.6 is 0 Å². The lowest BCUT2D eigenvalue weighted by molar-refractivity contribution is 0.176. The van der Waals surface area contributed by atoms with E-state index in [-0.39, 0.29) is 5.82 Å². The number of nitrogens with one attached hydrogen (secondary N) is 1. The van der Waals surface area contributed by atoms with Crippen molar-refractivity contribution >= 4 is 0 Å². The number of hydrogen-bond acceptors (Lipinski definition) is 2. The van der Waals surface area contributed by atoms with Crippen LogP contribution in [-0.2, 0) is 11.2 Å². The number of ether oxygens (including phenoxy) is 1. The number of rotatable bonds is 5. The fraction of sp³-hybridized carbons (Fsp3) is 0.571. The van der Waals surface area contributed by atoms with Gasteiger partial charge in [0.25, 0.3) is 0 Å². The van der Waals surface area contributed by atoms with Crippen LogP contribution in [0, 0.1) is 11.7 Å². The van der Waals surface area contributed by atoms with Gasteiger partial charge < -0.3 is 10.1 Å². The smallest absolute Gasteiger partial charge is 0.126 e. The quantitative estimate of drug-likeness (QED) is 0.849. The third kappa shape index (κ3) is 3.27. The molecule has 0 aromatic heterocycles. The Balaban J connectivity index is 2.04. The Morgan fingerprint density at radius 2 is 2.29 bits per heavy atom. The summed E-state index contributed by atoms with van der Waals surface area (Å²) in [5, 5.41) is 3.45. The zero-order valence-electron chi connectivity index (χ0n) is 10.3. The van der Waals surface area contributed by atoms with Crippen LogP contribution in [0.25, 0.3) is 0 Å². The van der Waals surface area contributed by atoms with Gasteiger partial charge in [-0.05, 0) is 31.0 Å². The Morgan fingerprint density at radius 1 is 1.47 bits per heavy atom. The van der Waals surface area contributed by atoms with Gasteiger partial charge in [-0.15, -0.1) is 0 Å². The summed E-state index contributed by atoms with van der Waals surface area (Å²) >= 11 is 0. The SMILES string of the molecule is CCNC(Cc1ccccc1F)C1CCOC1. The van der Waals surface area contributed by atoms with Crippen molar-refractivity contribution in [3.8, 4) is 0 Å². The molecule has 2 nitrogen and oxygen atoms in total. The van der Waals surface area contributed by atoms with E-state index in [4.69, 9.17) is 4.74 Å². The summed E-state index contributed by atoms with van der Waals surface area (Å²) in [6.45, 7) is 4.63. The Morgan fingerprint density at radius 3 is 2.94 bits per heavy atom. The number of hydrogen-bond donors (Lipinski definition) is 1. The molecule has 1 aliphatic heterocycles. The molecule has 0 saturated carbocycles. The van der Waals surface area contributed by atoms with E-state index < -0.39 is 0 Å². The van der Waals surface area contributed by atoms with Crippen LogP contribution in [0.2, 0.25) is 0 Å². The number of benzene rings is 1. The van der Waals surface area contributed by atoms with Gasteiger partial charge in [-0.1, -0.05) is 25.1 Å². The van der Waals surface area contributed by atoms with E-state index in [0.29, 0.717) is 12.0 Å². The monoisotopic (exact) mass is 237 g/mol. The van der Waals surface area contributed by atoms with E-state index in [1.54, 1.807) is 6.07 Å². The highest BCUT2D eigenvalue weighted by atomic mass is 19.1. The average Bonchev–Trinajstić information content (AvgIpc) is 2.85. The second-order valence-electron chi connectivity index (χ2n) is 4.58. The first kappa shape index (κ1) is 12.5. The summed E-state index contributed by atoms with van der Waals surface area (Å²) in [5.41, 5.74) is 0.797. The van der Waals surface area contributed by atoms with E-state index in [9.17, 15) is 4.39 Å². The van der Waals surface area contributed by atoms with E-state index in [1.165, 1.54) is 6.07 Å². The Kier molecular flexibility index (Phi) is 4.51. The minimum absolute atomic E-state index is 0.102. The van der Waals surface area contributed by atoms with Crippen LogP contribution in [0.1, 0.15) is 18.9 Å². The zero-order valence-corrected chi connectivity index (χ0v) is 10.3. The maximum absolute atomic E-state index is 13.6. The summed E-state index contributed by atoms with van der Waals surface area (Å²) in [6.07, 6.45) is 1.82. The molecule has 0 aliphatic carbocycles. The van der Waals surface area contributed by atoms with Gasteiger partial charge in [0.15, 0.2) is 0 Å². The third-order valence-electron chi connectivity index (χ3n) is 3.40. The summed E-state index contributed by atoms with van der Waals surface area (Å²) < 4.78 is 19.0. The van der Waals surface area contributed by atoms with E-state index in [1.807, 2.05) is 12.1 Å². The lowest BCUT2D eigenvalue weighted by Crippen LogP contribution is -2.38. The Bertz CT molecular complexity index is 350. The van der Waals surface area contributed by atoms with E-state index >= 15 is 0 Å². The van der Waals surface area contributed by atoms with Crippen molar-refractivity contribution in [2.45, 2.75) is 25.8 Å². The third-order valence-corrected chi connectivity index (χ3v) is 3.40. The lowest BCUT2D eigenvalue weighted by atomic mass is 9.92. The van der Waals surface area contributed by atoms with Crippen LogP contribution in [0.5, 0.6) is 0 Å². The summed E-state index contributed by atoms with van der Waals surface area (Å²) in [4.78, 5) is 0. The van der Waals surface area contributed by atoms with Gasteiger partial charge in [0, 0.05) is 18.6 Å². The van der Waals surface area contributed by atoms with Crippen molar-refractivity contribution in [3.63, 3.8) is 0 Å². The summed E-state index contributed by atoms with van der Waals surface area (Å²) in [5.74, 6) is 0.406. The van der Waals surface area contributed by atoms with Crippen LogP contribution in [0.4, 0.5) is 4.39 Å². The topological polar surface area (TPSA) is 21.3 Å². The molecule has 1 aromatic carbocycles. The molecule has 1 N–H and O–H groups in total. The number of halogens is 1. The highest BCUT2D eigenvalue weighted by Gasteiger charge is 2.25. The van der Waals surface area contributed by atoms with Crippen molar-refractivity contribution in [3.05, 3.63) is 35.6 Å². The lowest BCUT2D eigenvalue weighted by Gasteiger charge is -2.23. The fourth-order valence-corrected chi connectivity index (χ4v) is 2.44. The Labute approximate surface area is 102 Å². The maximum Gasteiger partial charge on any atom is 0.126 e. The largest absolute Gasteiger partial charge is 0.381 e. The average molecular weight is 237 g/mol.